The summed E-state index contributed by atoms with van der Waals surface area (Å²) in [5, 5.41) is 1.82. The van der Waals surface area contributed by atoms with Crippen molar-refractivity contribution < 1.29 is 13.0 Å². The van der Waals surface area contributed by atoms with Crippen LogP contribution in [0.4, 0.5) is 0 Å². The number of benzene rings is 2. The van der Waals surface area contributed by atoms with Gasteiger partial charge in [-0.1, -0.05) is 45.0 Å². The lowest BCUT2D eigenvalue weighted by molar-refractivity contribution is 0.458. The molecule has 0 unspecified atom stereocenters. The van der Waals surface area contributed by atoms with Crippen LogP contribution >= 0.6 is 0 Å². The van der Waals surface area contributed by atoms with E-state index >= 15 is 0 Å². The molecule has 0 radical (unpaired) electrons. The van der Waals surface area contributed by atoms with E-state index in [-0.39, 0.29) is 4.90 Å². The van der Waals surface area contributed by atoms with E-state index < -0.39 is 15.5 Å². The predicted molar refractivity (Wildman–Crippen MR) is 75.3 cm³/mol. The van der Waals surface area contributed by atoms with Gasteiger partial charge in [0, 0.05) is 0 Å². The van der Waals surface area contributed by atoms with E-state index in [9.17, 15) is 13.0 Å². The fourth-order valence-electron chi connectivity index (χ4n) is 2.48. The summed E-state index contributed by atoms with van der Waals surface area (Å²) in [4.78, 5) is -0.113. The van der Waals surface area contributed by atoms with Crippen LogP contribution in [0.3, 0.4) is 0 Å². The summed E-state index contributed by atoms with van der Waals surface area (Å²) in [5.41, 5.74) is 1.25. The Bertz CT molecular complexity index is 738. The molecule has 19 heavy (non-hydrogen) atoms. The van der Waals surface area contributed by atoms with E-state index in [1.54, 1.807) is 6.07 Å². The highest BCUT2D eigenvalue weighted by atomic mass is 32.2. The third kappa shape index (κ3) is 2.51. The van der Waals surface area contributed by atoms with Crippen LogP contribution in [-0.4, -0.2) is 13.0 Å². The Hall–Kier alpha value is -1.39. The molecule has 0 aromatic heterocycles. The van der Waals surface area contributed by atoms with Crippen molar-refractivity contribution in [3.63, 3.8) is 0 Å². The van der Waals surface area contributed by atoms with Crippen molar-refractivity contribution in [3.05, 3.63) is 41.5 Å². The van der Waals surface area contributed by atoms with Gasteiger partial charge in [-0.25, -0.2) is 8.42 Å². The zero-order valence-electron chi connectivity index (χ0n) is 11.5. The Morgan fingerprint density at radius 3 is 2.16 bits per heavy atom. The summed E-state index contributed by atoms with van der Waals surface area (Å²) in [6, 6.07) is 8.87. The van der Waals surface area contributed by atoms with Crippen LogP contribution in [0.25, 0.3) is 10.8 Å². The molecule has 0 atom stereocenters. The third-order valence-electron chi connectivity index (χ3n) is 3.26. The van der Waals surface area contributed by atoms with Gasteiger partial charge in [-0.3, -0.25) is 0 Å². The zero-order chi connectivity index (χ0) is 14.4. The van der Waals surface area contributed by atoms with Crippen LogP contribution in [0, 0.1) is 6.92 Å². The second kappa shape index (κ2) is 4.32. The highest BCUT2D eigenvalue weighted by molar-refractivity contribution is 7.85. The first-order valence-electron chi connectivity index (χ1n) is 6.11. The molecule has 0 fully saturated rings. The number of aryl methyl sites for hydroxylation is 1. The number of hydrogen-bond acceptors (Lipinski definition) is 3. The molecule has 2 rings (SSSR count). The van der Waals surface area contributed by atoms with Gasteiger partial charge in [0.25, 0.3) is 0 Å². The Balaban J connectivity index is 3.03. The Kier molecular flexibility index (Phi) is 3.19. The average Bonchev–Trinajstić information content (AvgIpc) is 2.25. The molecular weight excluding hydrogens is 260 g/mol. The van der Waals surface area contributed by atoms with Crippen LogP contribution in [0.15, 0.2) is 35.2 Å². The lowest BCUT2D eigenvalue weighted by Crippen LogP contribution is -2.17. The molecule has 0 heterocycles. The fraction of sp³-hybridized carbons (Fsp3) is 0.333. The van der Waals surface area contributed by atoms with E-state index in [1.165, 1.54) is 6.07 Å². The third-order valence-corrected chi connectivity index (χ3v) is 4.14. The minimum absolute atomic E-state index is 0.113. The van der Waals surface area contributed by atoms with Crippen molar-refractivity contribution in [1.82, 2.24) is 0 Å². The normalized spacial score (nSPS) is 12.9. The highest BCUT2D eigenvalue weighted by Gasteiger charge is 2.23. The van der Waals surface area contributed by atoms with Gasteiger partial charge in [0.05, 0.1) is 4.90 Å². The Labute approximate surface area is 114 Å². The lowest BCUT2D eigenvalue weighted by Gasteiger charge is -2.26. The number of fused-ring (bicyclic) bond motifs is 1. The van der Waals surface area contributed by atoms with E-state index in [0.29, 0.717) is 5.56 Å². The van der Waals surface area contributed by atoms with E-state index in [2.05, 4.69) is 0 Å². The van der Waals surface area contributed by atoms with Crippen LogP contribution in [0.5, 0.6) is 0 Å². The smallest absolute Gasteiger partial charge is 0.124 e. The second-order valence-electron chi connectivity index (χ2n) is 5.81. The first-order chi connectivity index (χ1) is 8.62. The Morgan fingerprint density at radius 1 is 1.00 bits per heavy atom. The van der Waals surface area contributed by atoms with E-state index in [4.69, 9.17) is 0 Å². The van der Waals surface area contributed by atoms with Gasteiger partial charge >= 0.3 is 0 Å². The van der Waals surface area contributed by atoms with Crippen molar-refractivity contribution in [2.24, 2.45) is 0 Å². The van der Waals surface area contributed by atoms with Crippen LogP contribution < -0.4 is 0 Å². The minimum Gasteiger partial charge on any atom is -0.744 e. The molecule has 0 aliphatic rings. The molecule has 0 saturated carbocycles. The molecule has 102 valence electrons. The summed E-state index contributed by atoms with van der Waals surface area (Å²) in [5.74, 6) is 0. The van der Waals surface area contributed by atoms with Crippen molar-refractivity contribution >= 4 is 20.9 Å². The minimum atomic E-state index is -4.47. The van der Waals surface area contributed by atoms with Gasteiger partial charge in [-0.2, -0.15) is 0 Å². The maximum atomic E-state index is 11.5. The topological polar surface area (TPSA) is 57.2 Å². The molecular formula is C15H17O3S-. The summed E-state index contributed by atoms with van der Waals surface area (Å²) in [7, 11) is -4.47. The van der Waals surface area contributed by atoms with E-state index in [1.807, 2.05) is 45.9 Å². The molecule has 3 nitrogen and oxygen atoms in total. The quantitative estimate of drug-likeness (QED) is 0.751. The maximum absolute atomic E-state index is 11.5. The molecule has 0 amide bonds. The van der Waals surface area contributed by atoms with Crippen molar-refractivity contribution in [2.45, 2.75) is 38.0 Å². The van der Waals surface area contributed by atoms with Crippen molar-refractivity contribution in [1.29, 1.82) is 0 Å². The van der Waals surface area contributed by atoms with Crippen molar-refractivity contribution in [2.75, 3.05) is 0 Å². The van der Waals surface area contributed by atoms with Crippen molar-refractivity contribution in [3.8, 4) is 0 Å². The monoisotopic (exact) mass is 277 g/mol. The van der Waals surface area contributed by atoms with Crippen LogP contribution in [0.1, 0.15) is 31.9 Å². The molecule has 4 heteroatoms. The van der Waals surface area contributed by atoms with E-state index in [0.717, 1.165) is 16.3 Å². The van der Waals surface area contributed by atoms with Crippen LogP contribution in [0.2, 0.25) is 0 Å². The SMILES string of the molecule is Cc1cccc2c(C(C)(C)C)c(S(=O)(=O)[O-])ccc12. The summed E-state index contributed by atoms with van der Waals surface area (Å²) < 4.78 is 34.4. The zero-order valence-corrected chi connectivity index (χ0v) is 12.3. The highest BCUT2D eigenvalue weighted by Crippen LogP contribution is 2.36. The van der Waals surface area contributed by atoms with Gasteiger partial charge in [-0.15, -0.1) is 0 Å². The van der Waals surface area contributed by atoms with Gasteiger partial charge in [0.1, 0.15) is 10.1 Å². The fourth-order valence-corrected chi connectivity index (χ4v) is 3.38. The van der Waals surface area contributed by atoms with Gasteiger partial charge < -0.3 is 4.55 Å². The molecule has 0 aliphatic carbocycles. The molecule has 0 spiro atoms. The summed E-state index contributed by atoms with van der Waals surface area (Å²) in [6.45, 7) is 7.72. The van der Waals surface area contributed by atoms with Gasteiger partial charge in [0.2, 0.25) is 0 Å². The summed E-state index contributed by atoms with van der Waals surface area (Å²) >= 11 is 0. The molecule has 0 saturated heterocycles. The van der Waals surface area contributed by atoms with Gasteiger partial charge in [-0.05, 0) is 40.3 Å². The lowest BCUT2D eigenvalue weighted by atomic mass is 9.83. The molecule has 0 aliphatic heterocycles. The Morgan fingerprint density at radius 2 is 1.63 bits per heavy atom. The maximum Gasteiger partial charge on any atom is 0.124 e. The molecule has 2 aromatic rings. The first kappa shape index (κ1) is 14.0. The largest absolute Gasteiger partial charge is 0.744 e. The first-order valence-corrected chi connectivity index (χ1v) is 7.52. The molecule has 2 aromatic carbocycles. The van der Waals surface area contributed by atoms with Crippen LogP contribution in [-0.2, 0) is 15.5 Å². The average molecular weight is 277 g/mol. The number of hydrogen-bond donors (Lipinski definition) is 0. The second-order valence-corrected chi connectivity index (χ2v) is 7.16. The molecule has 0 N–H and O–H groups in total. The van der Waals surface area contributed by atoms with Gasteiger partial charge in [0.15, 0.2) is 0 Å². The molecule has 0 bridgehead atoms. The predicted octanol–water partition coefficient (Wildman–Crippen LogP) is 3.35. The number of rotatable bonds is 1. The standard InChI is InChI=1S/C15H18O3S/c1-10-6-5-7-12-11(10)8-9-13(19(16,17)18)14(12)15(2,3)4/h5-9H,1-4H3,(H,16,17,18)/p-1. The summed E-state index contributed by atoms with van der Waals surface area (Å²) in [6.07, 6.45) is 0.